The standard InChI is InChI=1S/C13H17ClFNO2/c1-8(2)13(3,18)7-16-12(17)11-9(14)5-4-6-10(11)15/h4-6,8,18H,7H2,1-3H3,(H,16,17). The van der Waals surface area contributed by atoms with E-state index in [9.17, 15) is 14.3 Å². The normalized spacial score (nSPS) is 14.4. The van der Waals surface area contributed by atoms with E-state index in [-0.39, 0.29) is 23.0 Å². The van der Waals surface area contributed by atoms with E-state index < -0.39 is 17.3 Å². The van der Waals surface area contributed by atoms with E-state index in [0.717, 1.165) is 0 Å². The Bertz CT molecular complexity index is 426. The smallest absolute Gasteiger partial charge is 0.255 e. The molecule has 5 heteroatoms. The fourth-order valence-electron chi connectivity index (χ4n) is 1.27. The summed E-state index contributed by atoms with van der Waals surface area (Å²) in [7, 11) is 0. The lowest BCUT2D eigenvalue weighted by atomic mass is 9.92. The predicted octanol–water partition coefficient (Wildman–Crippen LogP) is 2.62. The summed E-state index contributed by atoms with van der Waals surface area (Å²) in [6.07, 6.45) is 0. The summed E-state index contributed by atoms with van der Waals surface area (Å²) in [4.78, 5) is 11.8. The quantitative estimate of drug-likeness (QED) is 0.886. The van der Waals surface area contributed by atoms with Gasteiger partial charge in [-0.25, -0.2) is 4.39 Å². The molecule has 0 fully saturated rings. The van der Waals surface area contributed by atoms with E-state index in [1.54, 1.807) is 6.92 Å². The Balaban J connectivity index is 2.79. The molecule has 1 amide bonds. The maximum absolute atomic E-state index is 13.5. The number of rotatable bonds is 4. The van der Waals surface area contributed by atoms with Crippen molar-refractivity contribution in [3.8, 4) is 0 Å². The van der Waals surface area contributed by atoms with Gasteiger partial charge in [0, 0.05) is 6.54 Å². The van der Waals surface area contributed by atoms with Gasteiger partial charge in [-0.15, -0.1) is 0 Å². The van der Waals surface area contributed by atoms with Crippen LogP contribution in [-0.2, 0) is 0 Å². The van der Waals surface area contributed by atoms with Crippen LogP contribution in [0.1, 0.15) is 31.1 Å². The molecule has 0 aliphatic carbocycles. The van der Waals surface area contributed by atoms with E-state index in [0.29, 0.717) is 0 Å². The molecule has 1 unspecified atom stereocenters. The van der Waals surface area contributed by atoms with Crippen molar-refractivity contribution in [1.82, 2.24) is 5.32 Å². The second-order valence-corrected chi connectivity index (χ2v) is 5.20. The molecular weight excluding hydrogens is 257 g/mol. The van der Waals surface area contributed by atoms with Crippen LogP contribution in [0, 0.1) is 11.7 Å². The van der Waals surface area contributed by atoms with Gasteiger partial charge in [-0.3, -0.25) is 4.79 Å². The molecule has 0 aliphatic heterocycles. The molecule has 18 heavy (non-hydrogen) atoms. The Labute approximate surface area is 111 Å². The zero-order valence-electron chi connectivity index (χ0n) is 10.6. The largest absolute Gasteiger partial charge is 0.388 e. The van der Waals surface area contributed by atoms with E-state index >= 15 is 0 Å². The number of aliphatic hydroxyl groups is 1. The van der Waals surface area contributed by atoms with Crippen LogP contribution in [0.5, 0.6) is 0 Å². The van der Waals surface area contributed by atoms with Crippen LogP contribution in [0.25, 0.3) is 0 Å². The molecule has 2 N–H and O–H groups in total. The Morgan fingerprint density at radius 1 is 1.56 bits per heavy atom. The molecule has 0 radical (unpaired) electrons. The zero-order chi connectivity index (χ0) is 13.9. The van der Waals surface area contributed by atoms with Gasteiger partial charge in [-0.05, 0) is 25.0 Å². The number of benzene rings is 1. The molecule has 0 bridgehead atoms. The van der Waals surface area contributed by atoms with Crippen molar-refractivity contribution < 1.29 is 14.3 Å². The minimum atomic E-state index is -1.05. The Morgan fingerprint density at radius 3 is 2.67 bits per heavy atom. The predicted molar refractivity (Wildman–Crippen MR) is 69.2 cm³/mol. The molecule has 1 rings (SSSR count). The maximum Gasteiger partial charge on any atom is 0.255 e. The number of carbonyl (C=O) groups is 1. The highest BCUT2D eigenvalue weighted by Gasteiger charge is 2.26. The minimum absolute atomic E-state index is 0.0334. The molecule has 0 spiro atoms. The zero-order valence-corrected chi connectivity index (χ0v) is 11.4. The average molecular weight is 274 g/mol. The molecular formula is C13H17ClFNO2. The maximum atomic E-state index is 13.5. The monoisotopic (exact) mass is 273 g/mol. The van der Waals surface area contributed by atoms with Crippen molar-refractivity contribution in [3.63, 3.8) is 0 Å². The molecule has 1 aromatic carbocycles. The van der Waals surface area contributed by atoms with Gasteiger partial charge >= 0.3 is 0 Å². The Hall–Kier alpha value is -1.13. The van der Waals surface area contributed by atoms with Crippen LogP contribution in [-0.4, -0.2) is 23.2 Å². The van der Waals surface area contributed by atoms with Crippen molar-refractivity contribution in [3.05, 3.63) is 34.6 Å². The van der Waals surface area contributed by atoms with Gasteiger partial charge in [0.2, 0.25) is 0 Å². The average Bonchev–Trinajstić information content (AvgIpc) is 2.26. The summed E-state index contributed by atoms with van der Waals surface area (Å²) in [5.74, 6) is -1.34. The molecule has 0 aromatic heterocycles. The summed E-state index contributed by atoms with van der Waals surface area (Å²) in [5.41, 5.74) is -1.24. The number of nitrogens with one attached hydrogen (secondary N) is 1. The number of amides is 1. The van der Waals surface area contributed by atoms with E-state index in [1.165, 1.54) is 18.2 Å². The van der Waals surface area contributed by atoms with Crippen molar-refractivity contribution in [2.75, 3.05) is 6.54 Å². The van der Waals surface area contributed by atoms with Crippen molar-refractivity contribution in [2.24, 2.45) is 5.92 Å². The Morgan fingerprint density at radius 2 is 2.17 bits per heavy atom. The van der Waals surface area contributed by atoms with Crippen molar-refractivity contribution in [2.45, 2.75) is 26.4 Å². The lowest BCUT2D eigenvalue weighted by molar-refractivity contribution is 0.0142. The summed E-state index contributed by atoms with van der Waals surface area (Å²) < 4.78 is 13.5. The van der Waals surface area contributed by atoms with E-state index in [1.807, 2.05) is 13.8 Å². The molecule has 1 aromatic rings. The first-order valence-corrected chi connectivity index (χ1v) is 6.08. The van der Waals surface area contributed by atoms with Crippen molar-refractivity contribution >= 4 is 17.5 Å². The second kappa shape index (κ2) is 5.67. The fourth-order valence-corrected chi connectivity index (χ4v) is 1.52. The van der Waals surface area contributed by atoms with Gasteiger partial charge < -0.3 is 10.4 Å². The molecule has 0 saturated carbocycles. The third kappa shape index (κ3) is 3.43. The second-order valence-electron chi connectivity index (χ2n) is 4.79. The lowest BCUT2D eigenvalue weighted by Gasteiger charge is -2.27. The van der Waals surface area contributed by atoms with Crippen LogP contribution >= 0.6 is 11.6 Å². The topological polar surface area (TPSA) is 49.3 Å². The molecule has 3 nitrogen and oxygen atoms in total. The van der Waals surface area contributed by atoms with Gasteiger partial charge in [-0.2, -0.15) is 0 Å². The molecule has 1 atom stereocenters. The number of hydrogen-bond acceptors (Lipinski definition) is 2. The van der Waals surface area contributed by atoms with Crippen LogP contribution in [0.2, 0.25) is 5.02 Å². The van der Waals surface area contributed by atoms with Gasteiger partial charge in [0.15, 0.2) is 0 Å². The first-order valence-electron chi connectivity index (χ1n) is 5.70. The summed E-state index contributed by atoms with van der Waals surface area (Å²) in [5, 5.41) is 12.5. The van der Waals surface area contributed by atoms with Crippen LogP contribution in [0.15, 0.2) is 18.2 Å². The lowest BCUT2D eigenvalue weighted by Crippen LogP contribution is -2.44. The third-order valence-corrected chi connectivity index (χ3v) is 3.36. The number of halogens is 2. The molecule has 0 heterocycles. The van der Waals surface area contributed by atoms with Crippen LogP contribution in [0.4, 0.5) is 4.39 Å². The summed E-state index contributed by atoms with van der Waals surface area (Å²) in [6.45, 7) is 5.32. The highest BCUT2D eigenvalue weighted by Crippen LogP contribution is 2.19. The van der Waals surface area contributed by atoms with Gasteiger partial charge in [-0.1, -0.05) is 31.5 Å². The van der Waals surface area contributed by atoms with E-state index in [4.69, 9.17) is 11.6 Å². The number of carbonyl (C=O) groups excluding carboxylic acids is 1. The van der Waals surface area contributed by atoms with Gasteiger partial charge in [0.25, 0.3) is 5.91 Å². The van der Waals surface area contributed by atoms with Crippen LogP contribution < -0.4 is 5.32 Å². The highest BCUT2D eigenvalue weighted by molar-refractivity contribution is 6.33. The van der Waals surface area contributed by atoms with Gasteiger partial charge in [0.05, 0.1) is 16.2 Å². The van der Waals surface area contributed by atoms with Crippen molar-refractivity contribution in [1.29, 1.82) is 0 Å². The van der Waals surface area contributed by atoms with E-state index in [2.05, 4.69) is 5.32 Å². The Kier molecular flexibility index (Phi) is 4.71. The molecule has 100 valence electrons. The van der Waals surface area contributed by atoms with Crippen LogP contribution in [0.3, 0.4) is 0 Å². The summed E-state index contributed by atoms with van der Waals surface area (Å²) in [6, 6.07) is 4.04. The SMILES string of the molecule is CC(C)C(C)(O)CNC(=O)c1c(F)cccc1Cl. The number of hydrogen-bond donors (Lipinski definition) is 2. The first kappa shape index (κ1) is 14.9. The first-order chi connectivity index (χ1) is 8.25. The minimum Gasteiger partial charge on any atom is -0.388 e. The fraction of sp³-hybridized carbons (Fsp3) is 0.462. The summed E-state index contributed by atoms with van der Waals surface area (Å²) >= 11 is 5.77. The third-order valence-electron chi connectivity index (χ3n) is 3.04. The van der Waals surface area contributed by atoms with Gasteiger partial charge in [0.1, 0.15) is 5.82 Å². The molecule has 0 saturated heterocycles. The highest BCUT2D eigenvalue weighted by atomic mass is 35.5. The molecule has 0 aliphatic rings.